The Hall–Kier alpha value is -1.65. The van der Waals surface area contributed by atoms with Gasteiger partial charge in [-0.15, -0.1) is 0 Å². The van der Waals surface area contributed by atoms with Crippen LogP contribution in [0.3, 0.4) is 0 Å². The molecule has 0 spiro atoms. The molecule has 2 atom stereocenters. The highest BCUT2D eigenvalue weighted by Gasteiger charge is 2.37. The number of hydrogen-bond acceptors (Lipinski definition) is 3. The van der Waals surface area contributed by atoms with Crippen LogP contribution >= 0.6 is 0 Å². The molecule has 0 amide bonds. The van der Waals surface area contributed by atoms with Crippen molar-refractivity contribution >= 4 is 0 Å². The van der Waals surface area contributed by atoms with E-state index in [4.69, 9.17) is 4.74 Å². The van der Waals surface area contributed by atoms with Crippen LogP contribution in [-0.2, 0) is 10.3 Å². The number of aromatic nitrogens is 2. The van der Waals surface area contributed by atoms with Crippen LogP contribution in [0.15, 0.2) is 42.6 Å². The van der Waals surface area contributed by atoms with Crippen LogP contribution in [0.5, 0.6) is 0 Å². The predicted octanol–water partition coefficient (Wildman–Crippen LogP) is 2.26. The van der Waals surface area contributed by atoms with E-state index >= 15 is 0 Å². The van der Waals surface area contributed by atoms with Gasteiger partial charge in [-0.1, -0.05) is 18.2 Å². The van der Waals surface area contributed by atoms with Crippen LogP contribution in [0.1, 0.15) is 25.5 Å². The lowest BCUT2D eigenvalue weighted by Crippen LogP contribution is -2.39. The van der Waals surface area contributed by atoms with Gasteiger partial charge in [0.1, 0.15) is 5.60 Å². The van der Waals surface area contributed by atoms with Gasteiger partial charge >= 0.3 is 0 Å². The zero-order valence-corrected chi connectivity index (χ0v) is 11.0. The molecule has 1 saturated heterocycles. The van der Waals surface area contributed by atoms with Gasteiger partial charge < -0.3 is 9.84 Å². The van der Waals surface area contributed by atoms with Crippen LogP contribution in [0.4, 0.5) is 0 Å². The lowest BCUT2D eigenvalue weighted by Gasteiger charge is -2.35. The molecule has 2 heterocycles. The molecule has 4 heteroatoms. The zero-order chi connectivity index (χ0) is 13.3. The first-order chi connectivity index (χ1) is 9.19. The van der Waals surface area contributed by atoms with Gasteiger partial charge in [-0.3, -0.25) is 0 Å². The van der Waals surface area contributed by atoms with Crippen molar-refractivity contribution in [2.45, 2.75) is 31.5 Å². The summed E-state index contributed by atoms with van der Waals surface area (Å²) in [6.45, 7) is 2.57. The summed E-state index contributed by atoms with van der Waals surface area (Å²) in [6.07, 6.45) is 3.01. The molecular weight excluding hydrogens is 240 g/mol. The number of ether oxygens (including phenoxy) is 1. The molecule has 1 aliphatic heterocycles. The maximum Gasteiger partial charge on any atom is 0.111 e. The van der Waals surface area contributed by atoms with Crippen molar-refractivity contribution < 1.29 is 9.84 Å². The van der Waals surface area contributed by atoms with E-state index in [1.807, 2.05) is 48.0 Å². The van der Waals surface area contributed by atoms with E-state index in [1.165, 1.54) is 0 Å². The standard InChI is InChI=1S/C15H18N2O2/c1-12-11-15(18,8-10-19-12)14-7-9-16-17(14)13-5-3-2-4-6-13/h2-7,9,12,18H,8,10-11H2,1H3. The number of aliphatic hydroxyl groups is 1. The molecule has 1 fully saturated rings. The van der Waals surface area contributed by atoms with Crippen LogP contribution in [-0.4, -0.2) is 27.6 Å². The molecule has 19 heavy (non-hydrogen) atoms. The lowest BCUT2D eigenvalue weighted by molar-refractivity contribution is -0.104. The van der Waals surface area contributed by atoms with Crippen LogP contribution in [0.25, 0.3) is 5.69 Å². The van der Waals surface area contributed by atoms with E-state index in [-0.39, 0.29) is 6.10 Å². The van der Waals surface area contributed by atoms with Gasteiger partial charge in [0.05, 0.1) is 24.1 Å². The van der Waals surface area contributed by atoms with Gasteiger partial charge in [0, 0.05) is 19.0 Å². The highest BCUT2D eigenvalue weighted by atomic mass is 16.5. The van der Waals surface area contributed by atoms with E-state index in [9.17, 15) is 5.11 Å². The third kappa shape index (κ3) is 2.29. The van der Waals surface area contributed by atoms with Gasteiger partial charge in [0.15, 0.2) is 0 Å². The molecule has 1 aromatic heterocycles. The lowest BCUT2D eigenvalue weighted by atomic mass is 9.87. The quantitative estimate of drug-likeness (QED) is 0.898. The summed E-state index contributed by atoms with van der Waals surface area (Å²) in [6, 6.07) is 11.8. The Morgan fingerprint density at radius 2 is 2.11 bits per heavy atom. The topological polar surface area (TPSA) is 47.3 Å². The van der Waals surface area contributed by atoms with Crippen LogP contribution in [0.2, 0.25) is 0 Å². The van der Waals surface area contributed by atoms with Gasteiger partial charge in [0.2, 0.25) is 0 Å². The van der Waals surface area contributed by atoms with Crippen molar-refractivity contribution in [3.05, 3.63) is 48.3 Å². The van der Waals surface area contributed by atoms with E-state index in [0.717, 1.165) is 11.4 Å². The Morgan fingerprint density at radius 3 is 2.84 bits per heavy atom. The van der Waals surface area contributed by atoms with E-state index in [1.54, 1.807) is 6.20 Å². The van der Waals surface area contributed by atoms with Crippen molar-refractivity contribution in [3.8, 4) is 5.69 Å². The first kappa shape index (κ1) is 12.4. The molecule has 2 aromatic rings. The largest absolute Gasteiger partial charge is 0.383 e. The molecular formula is C15H18N2O2. The summed E-state index contributed by atoms with van der Waals surface area (Å²) in [5.74, 6) is 0. The molecule has 1 N–H and O–H groups in total. The Morgan fingerprint density at radius 1 is 1.32 bits per heavy atom. The second kappa shape index (κ2) is 4.79. The Labute approximate surface area is 112 Å². The number of benzene rings is 1. The zero-order valence-electron chi connectivity index (χ0n) is 11.0. The first-order valence-corrected chi connectivity index (χ1v) is 6.63. The second-order valence-corrected chi connectivity index (χ2v) is 5.13. The van der Waals surface area contributed by atoms with Gasteiger partial charge in [-0.25, -0.2) is 4.68 Å². The third-order valence-corrected chi connectivity index (χ3v) is 3.66. The summed E-state index contributed by atoms with van der Waals surface area (Å²) in [5, 5.41) is 15.3. The number of para-hydroxylation sites is 1. The molecule has 0 saturated carbocycles. The minimum Gasteiger partial charge on any atom is -0.383 e. The van der Waals surface area contributed by atoms with E-state index in [2.05, 4.69) is 5.10 Å². The average molecular weight is 258 g/mol. The normalized spacial score (nSPS) is 27.4. The molecule has 100 valence electrons. The Bertz CT molecular complexity index is 552. The number of nitrogens with zero attached hydrogens (tertiary/aromatic N) is 2. The summed E-state index contributed by atoms with van der Waals surface area (Å²) in [5.41, 5.74) is 0.952. The van der Waals surface area contributed by atoms with Crippen molar-refractivity contribution in [1.29, 1.82) is 0 Å². The fraction of sp³-hybridized carbons (Fsp3) is 0.400. The molecule has 1 aliphatic rings. The summed E-state index contributed by atoms with van der Waals surface area (Å²) >= 11 is 0. The SMILES string of the molecule is CC1CC(O)(c2ccnn2-c2ccccc2)CCO1. The predicted molar refractivity (Wildman–Crippen MR) is 72.1 cm³/mol. The third-order valence-electron chi connectivity index (χ3n) is 3.66. The van der Waals surface area contributed by atoms with Crippen molar-refractivity contribution in [2.24, 2.45) is 0 Å². The second-order valence-electron chi connectivity index (χ2n) is 5.13. The summed E-state index contributed by atoms with van der Waals surface area (Å²) in [4.78, 5) is 0. The summed E-state index contributed by atoms with van der Waals surface area (Å²) in [7, 11) is 0. The number of rotatable bonds is 2. The fourth-order valence-electron chi connectivity index (χ4n) is 2.73. The van der Waals surface area contributed by atoms with Crippen molar-refractivity contribution in [1.82, 2.24) is 9.78 Å². The Balaban J connectivity index is 2.00. The van der Waals surface area contributed by atoms with Crippen molar-refractivity contribution in [3.63, 3.8) is 0 Å². The van der Waals surface area contributed by atoms with Crippen molar-refractivity contribution in [2.75, 3.05) is 6.61 Å². The molecule has 0 aliphatic carbocycles. The molecule has 2 unspecified atom stereocenters. The fourth-order valence-corrected chi connectivity index (χ4v) is 2.73. The smallest absolute Gasteiger partial charge is 0.111 e. The van der Waals surface area contributed by atoms with Crippen LogP contribution in [0, 0.1) is 0 Å². The first-order valence-electron chi connectivity index (χ1n) is 6.63. The minimum absolute atomic E-state index is 0.0675. The summed E-state index contributed by atoms with van der Waals surface area (Å²) < 4.78 is 7.34. The molecule has 4 nitrogen and oxygen atoms in total. The molecule has 0 bridgehead atoms. The maximum atomic E-state index is 10.9. The highest BCUT2D eigenvalue weighted by Crippen LogP contribution is 2.35. The van der Waals surface area contributed by atoms with Gasteiger partial charge in [0.25, 0.3) is 0 Å². The van der Waals surface area contributed by atoms with Crippen LogP contribution < -0.4 is 0 Å². The minimum atomic E-state index is -0.857. The molecule has 0 radical (unpaired) electrons. The van der Waals surface area contributed by atoms with Gasteiger partial charge in [-0.05, 0) is 25.1 Å². The number of hydrogen-bond donors (Lipinski definition) is 1. The molecule has 3 rings (SSSR count). The Kier molecular flexibility index (Phi) is 3.12. The monoisotopic (exact) mass is 258 g/mol. The van der Waals surface area contributed by atoms with Gasteiger partial charge in [-0.2, -0.15) is 5.10 Å². The maximum absolute atomic E-state index is 10.9. The average Bonchev–Trinajstić information content (AvgIpc) is 2.89. The molecule has 1 aromatic carbocycles. The highest BCUT2D eigenvalue weighted by molar-refractivity contribution is 5.34. The van der Waals surface area contributed by atoms with E-state index in [0.29, 0.717) is 19.4 Å². The van der Waals surface area contributed by atoms with E-state index < -0.39 is 5.60 Å².